The van der Waals surface area contributed by atoms with Crippen molar-refractivity contribution in [1.29, 1.82) is 0 Å². The topological polar surface area (TPSA) is 296 Å². The molecule has 0 saturated heterocycles. The third-order valence-corrected chi connectivity index (χ3v) is 6.97. The average molecular weight is 647 g/mol. The maximum Gasteiger partial charge on any atom is 0.327 e. The minimum Gasteiger partial charge on any atom is -0.480 e. The van der Waals surface area contributed by atoms with Crippen LogP contribution in [0.5, 0.6) is 0 Å². The molecule has 0 radical (unpaired) electrons. The van der Waals surface area contributed by atoms with Gasteiger partial charge in [0.2, 0.25) is 23.6 Å². The molecule has 44 heavy (non-hydrogen) atoms. The van der Waals surface area contributed by atoms with E-state index in [2.05, 4.69) is 38.9 Å². The van der Waals surface area contributed by atoms with Crippen LogP contribution >= 0.6 is 12.6 Å². The number of unbranched alkanes of at least 4 members (excludes halogenated alkanes) is 2. The number of nitrogens with two attached hydrogens (primary N) is 5. The Morgan fingerprint density at radius 2 is 1.16 bits per heavy atom. The van der Waals surface area contributed by atoms with Gasteiger partial charge in [0.05, 0.1) is 6.04 Å². The van der Waals surface area contributed by atoms with Gasteiger partial charge in [-0.15, -0.1) is 0 Å². The molecule has 0 fully saturated rings. The zero-order chi connectivity index (χ0) is 33.7. The maximum atomic E-state index is 13.5. The number of amides is 4. The summed E-state index contributed by atoms with van der Waals surface area (Å²) in [4.78, 5) is 68.0. The SMILES string of the molecule is CC(C)C[C@H](NC(=O)[C@H](CCCN=C(N)N)NC(=O)[C@@H](N)CCCCN)C(=O)N[C@@H](CCCCN)C(=O)N[C@@H](CS)C(=O)O. The van der Waals surface area contributed by atoms with E-state index in [1.807, 2.05) is 13.8 Å². The van der Waals surface area contributed by atoms with E-state index in [0.29, 0.717) is 51.6 Å². The summed E-state index contributed by atoms with van der Waals surface area (Å²) in [6.45, 7) is 4.77. The highest BCUT2D eigenvalue weighted by Gasteiger charge is 2.31. The number of nitrogens with zero attached hydrogens (tertiary/aromatic N) is 1. The molecular weight excluding hydrogens is 592 g/mol. The summed E-state index contributed by atoms with van der Waals surface area (Å²) in [7, 11) is 0. The highest BCUT2D eigenvalue weighted by Crippen LogP contribution is 2.10. The molecule has 4 amide bonds. The van der Waals surface area contributed by atoms with Crippen LogP contribution in [0.4, 0.5) is 0 Å². The van der Waals surface area contributed by atoms with Crippen LogP contribution < -0.4 is 49.9 Å². The molecule has 254 valence electrons. The molecular formula is C27H54N10O6S. The fourth-order valence-electron chi connectivity index (χ4n) is 4.16. The molecule has 17 heteroatoms. The van der Waals surface area contributed by atoms with E-state index in [9.17, 15) is 29.1 Å². The van der Waals surface area contributed by atoms with Gasteiger partial charge in [0.1, 0.15) is 24.2 Å². The molecule has 16 nitrogen and oxygen atoms in total. The van der Waals surface area contributed by atoms with Gasteiger partial charge in [-0.2, -0.15) is 12.6 Å². The van der Waals surface area contributed by atoms with Crippen molar-refractivity contribution in [2.24, 2.45) is 39.6 Å². The normalized spacial score (nSPS) is 14.4. The lowest BCUT2D eigenvalue weighted by atomic mass is 10.0. The third kappa shape index (κ3) is 17.8. The number of rotatable bonds is 24. The Hall–Kier alpha value is -3.15. The van der Waals surface area contributed by atoms with Gasteiger partial charge in [-0.05, 0) is 70.4 Å². The smallest absolute Gasteiger partial charge is 0.327 e. The fraction of sp³-hybridized carbons (Fsp3) is 0.778. The van der Waals surface area contributed by atoms with E-state index < -0.39 is 59.8 Å². The molecule has 0 saturated carbocycles. The molecule has 0 aromatic heterocycles. The van der Waals surface area contributed by atoms with Crippen molar-refractivity contribution in [3.63, 3.8) is 0 Å². The molecule has 0 aliphatic heterocycles. The molecule has 0 bridgehead atoms. The first-order valence-electron chi connectivity index (χ1n) is 15.0. The summed E-state index contributed by atoms with van der Waals surface area (Å²) in [5, 5.41) is 19.7. The molecule has 0 rings (SSSR count). The maximum absolute atomic E-state index is 13.5. The minimum absolute atomic E-state index is 0.0398. The van der Waals surface area contributed by atoms with Crippen molar-refractivity contribution in [2.45, 2.75) is 102 Å². The lowest BCUT2D eigenvalue weighted by Gasteiger charge is -2.27. The van der Waals surface area contributed by atoms with Crippen molar-refractivity contribution in [1.82, 2.24) is 21.3 Å². The van der Waals surface area contributed by atoms with Crippen LogP contribution in [0.2, 0.25) is 0 Å². The van der Waals surface area contributed by atoms with Gasteiger partial charge < -0.3 is 55.0 Å². The number of aliphatic imine (C=N–C) groups is 1. The Balaban J connectivity index is 5.87. The van der Waals surface area contributed by atoms with E-state index in [4.69, 9.17) is 28.7 Å². The predicted octanol–water partition coefficient (Wildman–Crippen LogP) is -2.38. The quantitative estimate of drug-likeness (QED) is 0.0228. The monoisotopic (exact) mass is 646 g/mol. The summed E-state index contributed by atoms with van der Waals surface area (Å²) in [6, 6.07) is -5.30. The minimum atomic E-state index is -1.27. The van der Waals surface area contributed by atoms with Crippen molar-refractivity contribution < 1.29 is 29.1 Å². The summed E-state index contributed by atoms with van der Waals surface area (Å²) in [6.07, 6.45) is 3.71. The molecule has 0 heterocycles. The van der Waals surface area contributed by atoms with E-state index in [1.54, 1.807) is 0 Å². The summed E-state index contributed by atoms with van der Waals surface area (Å²) in [5.74, 6) is -4.05. The van der Waals surface area contributed by atoms with Crippen LogP contribution in [0.25, 0.3) is 0 Å². The van der Waals surface area contributed by atoms with Crippen LogP contribution in [0.1, 0.15) is 71.6 Å². The van der Waals surface area contributed by atoms with Gasteiger partial charge >= 0.3 is 5.97 Å². The van der Waals surface area contributed by atoms with Gasteiger partial charge in [0.25, 0.3) is 0 Å². The number of nitrogens with one attached hydrogen (secondary N) is 4. The van der Waals surface area contributed by atoms with Gasteiger partial charge in [-0.1, -0.05) is 20.3 Å². The highest BCUT2D eigenvalue weighted by atomic mass is 32.1. The molecule has 0 aromatic rings. The lowest BCUT2D eigenvalue weighted by molar-refractivity contribution is -0.141. The third-order valence-electron chi connectivity index (χ3n) is 6.60. The van der Waals surface area contributed by atoms with E-state index in [0.717, 1.165) is 0 Å². The number of carboxylic acid groups (broad SMARTS) is 1. The number of carbonyl (C=O) groups is 5. The first kappa shape index (κ1) is 40.9. The summed E-state index contributed by atoms with van der Waals surface area (Å²) in [5.41, 5.74) is 27.9. The Morgan fingerprint density at radius 3 is 1.64 bits per heavy atom. The van der Waals surface area contributed by atoms with Gasteiger partial charge in [0, 0.05) is 12.3 Å². The van der Waals surface area contributed by atoms with Crippen LogP contribution in [0, 0.1) is 5.92 Å². The van der Waals surface area contributed by atoms with Gasteiger partial charge in [-0.25, -0.2) is 4.79 Å². The molecule has 0 aliphatic rings. The number of hydrogen-bond acceptors (Lipinski definition) is 10. The van der Waals surface area contributed by atoms with E-state index in [1.165, 1.54) is 0 Å². The second-order valence-corrected chi connectivity index (χ2v) is 11.4. The number of aliphatic carboxylic acids is 1. The van der Waals surface area contributed by atoms with Gasteiger partial charge in [-0.3, -0.25) is 24.2 Å². The van der Waals surface area contributed by atoms with Crippen LogP contribution in [-0.2, 0) is 24.0 Å². The van der Waals surface area contributed by atoms with Crippen molar-refractivity contribution in [3.8, 4) is 0 Å². The number of guanidine groups is 1. The number of carbonyl (C=O) groups excluding carboxylic acids is 4. The molecule has 15 N–H and O–H groups in total. The predicted molar refractivity (Wildman–Crippen MR) is 172 cm³/mol. The van der Waals surface area contributed by atoms with E-state index in [-0.39, 0.29) is 43.4 Å². The number of thiol groups is 1. The second-order valence-electron chi connectivity index (χ2n) is 11.0. The van der Waals surface area contributed by atoms with Crippen molar-refractivity contribution >= 4 is 48.2 Å². The van der Waals surface area contributed by atoms with Crippen molar-refractivity contribution in [3.05, 3.63) is 0 Å². The molecule has 0 spiro atoms. The molecule has 5 atom stereocenters. The summed E-state index contributed by atoms with van der Waals surface area (Å²) >= 11 is 3.97. The average Bonchev–Trinajstić information content (AvgIpc) is 2.95. The standard InChI is InChI=1S/C27H54N10O6S/c1-16(2)14-20(25(41)35-18(9-4-6-12-29)24(40)37-21(15-44)26(42)43)36-23(39)19(10-7-13-33-27(31)32)34-22(38)17(30)8-3-5-11-28/h16-21,44H,3-15,28-30H2,1-2H3,(H,34,38)(H,35,41)(H,36,39)(H,37,40)(H,42,43)(H4,31,32,33)/t17-,18-,19-,20-,21-/m0/s1. The lowest BCUT2D eigenvalue weighted by Crippen LogP contribution is -2.58. The second kappa shape index (κ2) is 23.3. The zero-order valence-corrected chi connectivity index (χ0v) is 26.8. The summed E-state index contributed by atoms with van der Waals surface area (Å²) < 4.78 is 0. The van der Waals surface area contributed by atoms with Crippen LogP contribution in [0.3, 0.4) is 0 Å². The first-order chi connectivity index (χ1) is 20.8. The van der Waals surface area contributed by atoms with Crippen LogP contribution in [-0.4, -0.2) is 96.3 Å². The van der Waals surface area contributed by atoms with E-state index >= 15 is 0 Å². The Bertz CT molecular complexity index is 935. The Morgan fingerprint density at radius 1 is 0.705 bits per heavy atom. The Labute approximate surface area is 265 Å². The Kier molecular flexibility index (Phi) is 21.6. The first-order valence-corrected chi connectivity index (χ1v) is 15.7. The number of hydrogen-bond donors (Lipinski definition) is 11. The fourth-order valence-corrected chi connectivity index (χ4v) is 4.41. The largest absolute Gasteiger partial charge is 0.480 e. The van der Waals surface area contributed by atoms with Crippen molar-refractivity contribution in [2.75, 3.05) is 25.4 Å². The molecule has 0 unspecified atom stereocenters. The highest BCUT2D eigenvalue weighted by molar-refractivity contribution is 7.80. The molecule has 0 aromatic carbocycles. The molecule has 0 aliphatic carbocycles. The zero-order valence-electron chi connectivity index (χ0n) is 25.9. The number of carboxylic acids is 1. The van der Waals surface area contributed by atoms with Crippen LogP contribution in [0.15, 0.2) is 4.99 Å². The van der Waals surface area contributed by atoms with Gasteiger partial charge in [0.15, 0.2) is 5.96 Å².